The average Bonchev–Trinajstić information content (AvgIpc) is 2.79. The number of nitrogens with zero attached hydrogens (tertiary/aromatic N) is 1. The third-order valence-electron chi connectivity index (χ3n) is 5.22. The molecule has 31 heavy (non-hydrogen) atoms. The van der Waals surface area contributed by atoms with Gasteiger partial charge in [-0.25, -0.2) is 8.42 Å². The van der Waals surface area contributed by atoms with Gasteiger partial charge in [0.1, 0.15) is 11.5 Å². The number of anilines is 2. The van der Waals surface area contributed by atoms with E-state index in [1.807, 2.05) is 42.5 Å². The van der Waals surface area contributed by atoms with Crippen LogP contribution in [0.25, 0.3) is 0 Å². The Balaban J connectivity index is 1.56. The van der Waals surface area contributed by atoms with Gasteiger partial charge in [0.05, 0.1) is 17.0 Å². The van der Waals surface area contributed by atoms with Crippen LogP contribution in [0.3, 0.4) is 0 Å². The zero-order valence-corrected chi connectivity index (χ0v) is 18.1. The number of ether oxygens (including phenoxy) is 1. The molecule has 1 aliphatic heterocycles. The van der Waals surface area contributed by atoms with Crippen LogP contribution in [0.4, 0.5) is 11.4 Å². The molecule has 7 heteroatoms. The van der Waals surface area contributed by atoms with Crippen molar-refractivity contribution in [2.45, 2.75) is 19.8 Å². The van der Waals surface area contributed by atoms with Crippen LogP contribution >= 0.6 is 0 Å². The predicted octanol–water partition coefficient (Wildman–Crippen LogP) is 4.83. The van der Waals surface area contributed by atoms with E-state index in [-0.39, 0.29) is 11.7 Å². The number of amides is 1. The van der Waals surface area contributed by atoms with Gasteiger partial charge in [0, 0.05) is 12.2 Å². The largest absolute Gasteiger partial charge is 0.457 e. The molecule has 1 N–H and O–H groups in total. The highest BCUT2D eigenvalue weighted by Crippen LogP contribution is 2.32. The van der Waals surface area contributed by atoms with Gasteiger partial charge in [0.2, 0.25) is 10.0 Å². The molecule has 6 nitrogen and oxygen atoms in total. The molecule has 0 aromatic heterocycles. The maximum absolute atomic E-state index is 13.0. The van der Waals surface area contributed by atoms with Crippen LogP contribution in [0.5, 0.6) is 11.5 Å². The Hall–Kier alpha value is -3.32. The van der Waals surface area contributed by atoms with Crippen molar-refractivity contribution in [3.63, 3.8) is 0 Å². The molecule has 0 unspecified atom stereocenters. The monoisotopic (exact) mass is 436 g/mol. The first-order valence-electron chi connectivity index (χ1n) is 10.2. The smallest absolute Gasteiger partial charge is 0.259 e. The number of carbonyl (C=O) groups is 1. The first-order chi connectivity index (χ1) is 15.0. The third kappa shape index (κ3) is 4.56. The van der Waals surface area contributed by atoms with Gasteiger partial charge in [0.15, 0.2) is 0 Å². The van der Waals surface area contributed by atoms with Crippen LogP contribution in [0.15, 0.2) is 72.8 Å². The van der Waals surface area contributed by atoms with E-state index in [1.54, 1.807) is 37.3 Å². The molecule has 1 amide bonds. The van der Waals surface area contributed by atoms with E-state index in [9.17, 15) is 13.2 Å². The second kappa shape index (κ2) is 8.81. The Bertz CT molecular complexity index is 1190. The van der Waals surface area contributed by atoms with Crippen LogP contribution < -0.4 is 14.4 Å². The fourth-order valence-corrected chi connectivity index (χ4v) is 4.84. The number of carbonyl (C=O) groups excluding carboxylic acids is 1. The highest BCUT2D eigenvalue weighted by molar-refractivity contribution is 7.92. The number of fused-ring (bicyclic) bond motifs is 1. The minimum atomic E-state index is -3.32. The fourth-order valence-electron chi connectivity index (χ4n) is 3.64. The van der Waals surface area contributed by atoms with Crippen molar-refractivity contribution in [1.82, 2.24) is 0 Å². The van der Waals surface area contributed by atoms with Crippen LogP contribution in [0.1, 0.15) is 29.3 Å². The lowest BCUT2D eigenvalue weighted by Gasteiger charge is -2.30. The van der Waals surface area contributed by atoms with Crippen molar-refractivity contribution in [1.29, 1.82) is 0 Å². The van der Waals surface area contributed by atoms with Gasteiger partial charge in [-0.15, -0.1) is 0 Å². The Morgan fingerprint density at radius 2 is 1.77 bits per heavy atom. The van der Waals surface area contributed by atoms with Crippen LogP contribution in [-0.4, -0.2) is 26.6 Å². The highest BCUT2D eigenvalue weighted by Gasteiger charge is 2.26. The second-order valence-corrected chi connectivity index (χ2v) is 9.47. The Morgan fingerprint density at radius 3 is 2.55 bits per heavy atom. The lowest BCUT2D eigenvalue weighted by Crippen LogP contribution is -2.36. The number of hydrogen-bond donors (Lipinski definition) is 1. The van der Waals surface area contributed by atoms with E-state index in [0.29, 0.717) is 35.0 Å². The van der Waals surface area contributed by atoms with E-state index < -0.39 is 10.0 Å². The molecule has 160 valence electrons. The molecule has 0 spiro atoms. The molecule has 3 aromatic carbocycles. The normalized spacial score (nSPS) is 13.4. The Labute approximate surface area is 182 Å². The van der Waals surface area contributed by atoms with Crippen molar-refractivity contribution >= 4 is 27.3 Å². The maximum Gasteiger partial charge on any atom is 0.259 e. The van der Waals surface area contributed by atoms with Gasteiger partial charge < -0.3 is 10.1 Å². The van der Waals surface area contributed by atoms with E-state index >= 15 is 0 Å². The second-order valence-electron chi connectivity index (χ2n) is 7.29. The minimum absolute atomic E-state index is 0.0587. The summed E-state index contributed by atoms with van der Waals surface area (Å²) in [5.74, 6) is 0.877. The number of nitrogens with one attached hydrogen (secondary N) is 1. The number of aryl methyl sites for hydroxylation is 1. The topological polar surface area (TPSA) is 75.7 Å². The molecular formula is C24H24N2O4S. The quantitative estimate of drug-likeness (QED) is 0.600. The standard InChI is InChI=1S/C24H24N2O4S/c1-2-31(28,29)26-16-8-9-18-17-19(14-15-22(18)26)25-24(27)21-12-6-7-13-23(21)30-20-10-4-3-5-11-20/h3-7,10-15,17H,2,8-9,16H2,1H3,(H,25,27). The molecule has 1 aliphatic rings. The molecule has 0 bridgehead atoms. The van der Waals surface area contributed by atoms with Crippen molar-refractivity contribution < 1.29 is 17.9 Å². The van der Waals surface area contributed by atoms with E-state index in [1.165, 1.54) is 4.31 Å². The summed E-state index contributed by atoms with van der Waals surface area (Å²) < 4.78 is 32.2. The summed E-state index contributed by atoms with van der Waals surface area (Å²) in [5, 5.41) is 2.92. The van der Waals surface area contributed by atoms with Crippen LogP contribution in [0, 0.1) is 0 Å². The minimum Gasteiger partial charge on any atom is -0.457 e. The highest BCUT2D eigenvalue weighted by atomic mass is 32.2. The summed E-state index contributed by atoms with van der Waals surface area (Å²) in [4.78, 5) is 13.0. The summed E-state index contributed by atoms with van der Waals surface area (Å²) in [5.41, 5.74) is 2.64. The van der Waals surface area contributed by atoms with Gasteiger partial charge in [0.25, 0.3) is 5.91 Å². The first-order valence-corrected chi connectivity index (χ1v) is 11.9. The summed E-state index contributed by atoms with van der Waals surface area (Å²) in [6, 6.07) is 21.7. The van der Waals surface area contributed by atoms with Gasteiger partial charge in [-0.3, -0.25) is 9.10 Å². The van der Waals surface area contributed by atoms with E-state index in [0.717, 1.165) is 18.4 Å². The van der Waals surface area contributed by atoms with Crippen molar-refractivity contribution in [2.24, 2.45) is 0 Å². The molecule has 0 radical (unpaired) electrons. The molecule has 1 heterocycles. The van der Waals surface area contributed by atoms with Gasteiger partial charge >= 0.3 is 0 Å². The summed E-state index contributed by atoms with van der Waals surface area (Å²) in [6.07, 6.45) is 1.51. The number of sulfonamides is 1. The Kier molecular flexibility index (Phi) is 5.95. The van der Waals surface area contributed by atoms with Gasteiger partial charge in [-0.1, -0.05) is 30.3 Å². The molecule has 0 saturated heterocycles. The number of hydrogen-bond acceptors (Lipinski definition) is 4. The lowest BCUT2D eigenvalue weighted by molar-refractivity contribution is 0.102. The summed E-state index contributed by atoms with van der Waals surface area (Å²) in [7, 11) is -3.32. The van der Waals surface area contributed by atoms with E-state index in [2.05, 4.69) is 5.32 Å². The maximum atomic E-state index is 13.0. The molecule has 0 fully saturated rings. The number of benzene rings is 3. The number of rotatable bonds is 6. The molecule has 0 saturated carbocycles. The molecule has 4 rings (SSSR count). The van der Waals surface area contributed by atoms with Crippen LogP contribution in [-0.2, 0) is 16.4 Å². The zero-order chi connectivity index (χ0) is 21.8. The molecule has 0 aliphatic carbocycles. The van der Waals surface area contributed by atoms with Gasteiger partial charge in [-0.2, -0.15) is 0 Å². The predicted molar refractivity (Wildman–Crippen MR) is 122 cm³/mol. The van der Waals surface area contributed by atoms with Crippen molar-refractivity contribution in [3.8, 4) is 11.5 Å². The van der Waals surface area contributed by atoms with E-state index in [4.69, 9.17) is 4.74 Å². The van der Waals surface area contributed by atoms with Crippen molar-refractivity contribution in [3.05, 3.63) is 83.9 Å². The average molecular weight is 437 g/mol. The lowest BCUT2D eigenvalue weighted by atomic mass is 10.0. The van der Waals surface area contributed by atoms with Crippen LogP contribution in [0.2, 0.25) is 0 Å². The molecule has 0 atom stereocenters. The molecular weight excluding hydrogens is 412 g/mol. The van der Waals surface area contributed by atoms with Gasteiger partial charge in [-0.05, 0) is 67.8 Å². The zero-order valence-electron chi connectivity index (χ0n) is 17.2. The third-order valence-corrected chi connectivity index (χ3v) is 7.00. The van der Waals surface area contributed by atoms with Crippen molar-refractivity contribution in [2.75, 3.05) is 21.9 Å². The first kappa shape index (κ1) is 20.9. The summed E-state index contributed by atoms with van der Waals surface area (Å²) in [6.45, 7) is 2.13. The summed E-state index contributed by atoms with van der Waals surface area (Å²) >= 11 is 0. The number of para-hydroxylation sites is 2. The molecule has 3 aromatic rings. The SMILES string of the molecule is CCS(=O)(=O)N1CCCc2cc(NC(=O)c3ccccc3Oc3ccccc3)ccc21. The fraction of sp³-hybridized carbons (Fsp3) is 0.208. The Morgan fingerprint density at radius 1 is 1.03 bits per heavy atom.